The number of rotatable bonds is 4. The molecule has 1 aliphatic heterocycles. The van der Waals surface area contributed by atoms with Gasteiger partial charge in [0.05, 0.1) is 16.9 Å². The van der Waals surface area contributed by atoms with Crippen LogP contribution < -0.4 is 10.9 Å². The molecule has 2 N–H and O–H groups in total. The molecule has 2 aromatic carbocycles. The average molecular weight is 435 g/mol. The highest BCUT2D eigenvalue weighted by Gasteiger charge is 2.37. The molecule has 0 spiro atoms. The zero-order chi connectivity index (χ0) is 21.7. The molecule has 1 unspecified atom stereocenters. The van der Waals surface area contributed by atoms with E-state index in [9.17, 15) is 9.59 Å². The van der Waals surface area contributed by atoms with Gasteiger partial charge in [-0.3, -0.25) is 14.2 Å². The van der Waals surface area contributed by atoms with Crippen LogP contribution in [0.15, 0.2) is 53.5 Å². The van der Waals surface area contributed by atoms with Crippen molar-refractivity contribution >= 4 is 39.3 Å². The third kappa shape index (κ3) is 3.22. The molecule has 3 heterocycles. The number of amides is 1. The van der Waals surface area contributed by atoms with E-state index in [2.05, 4.69) is 24.1 Å². The first-order valence-electron chi connectivity index (χ1n) is 10.5. The highest BCUT2D eigenvalue weighted by Crippen LogP contribution is 2.32. The molecule has 158 valence electrons. The van der Waals surface area contributed by atoms with Crippen LogP contribution in [0.1, 0.15) is 43.7 Å². The SMILES string of the molecule is CCC(C)[C@@H]1NC(=O)[C@@H](Cc2c[nH]c3ccccc23)n2c1nc1ccc(Cl)cc1c2=O. The predicted molar refractivity (Wildman–Crippen MR) is 122 cm³/mol. The largest absolute Gasteiger partial charge is 0.361 e. The number of aromatic amines is 1. The number of H-pyrrole nitrogens is 1. The Bertz CT molecular complexity index is 1370. The number of carbonyl (C=O) groups excluding carboxylic acids is 1. The molecule has 1 aliphatic rings. The van der Waals surface area contributed by atoms with Crippen LogP contribution in [0.3, 0.4) is 0 Å². The fraction of sp³-hybridized carbons (Fsp3) is 0.292. The first-order valence-corrected chi connectivity index (χ1v) is 10.9. The summed E-state index contributed by atoms with van der Waals surface area (Å²) in [5.41, 5.74) is 2.36. The molecule has 5 rings (SSSR count). The van der Waals surface area contributed by atoms with Crippen LogP contribution in [-0.4, -0.2) is 20.4 Å². The van der Waals surface area contributed by atoms with E-state index >= 15 is 0 Å². The molecule has 0 aliphatic carbocycles. The van der Waals surface area contributed by atoms with Gasteiger partial charge >= 0.3 is 0 Å². The number of aromatic nitrogens is 3. The van der Waals surface area contributed by atoms with E-state index in [1.54, 1.807) is 22.8 Å². The second-order valence-electron chi connectivity index (χ2n) is 8.26. The van der Waals surface area contributed by atoms with E-state index in [0.29, 0.717) is 28.2 Å². The molecular weight excluding hydrogens is 412 g/mol. The van der Waals surface area contributed by atoms with Crippen molar-refractivity contribution in [2.24, 2.45) is 5.92 Å². The fourth-order valence-corrected chi connectivity index (χ4v) is 4.64. The van der Waals surface area contributed by atoms with Crippen molar-refractivity contribution in [1.82, 2.24) is 19.9 Å². The van der Waals surface area contributed by atoms with Crippen molar-refractivity contribution in [3.63, 3.8) is 0 Å². The highest BCUT2D eigenvalue weighted by atomic mass is 35.5. The van der Waals surface area contributed by atoms with Crippen molar-refractivity contribution in [2.75, 3.05) is 0 Å². The summed E-state index contributed by atoms with van der Waals surface area (Å²) in [6, 6.07) is 12.1. The Morgan fingerprint density at radius 3 is 2.77 bits per heavy atom. The number of nitrogens with one attached hydrogen (secondary N) is 2. The van der Waals surface area contributed by atoms with Crippen LogP contribution in [0.4, 0.5) is 0 Å². The molecule has 0 fully saturated rings. The molecule has 1 amide bonds. The number of fused-ring (bicyclic) bond motifs is 3. The number of benzene rings is 2. The van der Waals surface area contributed by atoms with E-state index in [1.807, 2.05) is 30.5 Å². The van der Waals surface area contributed by atoms with Gasteiger partial charge < -0.3 is 10.3 Å². The molecule has 0 saturated heterocycles. The van der Waals surface area contributed by atoms with Crippen LogP contribution in [0.2, 0.25) is 5.02 Å². The van der Waals surface area contributed by atoms with Crippen molar-refractivity contribution in [3.8, 4) is 0 Å². The zero-order valence-electron chi connectivity index (χ0n) is 17.4. The molecule has 6 nitrogen and oxygen atoms in total. The maximum atomic E-state index is 13.6. The van der Waals surface area contributed by atoms with Crippen molar-refractivity contribution in [3.05, 3.63) is 75.4 Å². The van der Waals surface area contributed by atoms with Crippen molar-refractivity contribution in [2.45, 2.75) is 38.8 Å². The van der Waals surface area contributed by atoms with Gasteiger partial charge in [0.1, 0.15) is 11.9 Å². The second kappa shape index (κ2) is 7.54. The molecule has 0 radical (unpaired) electrons. The van der Waals surface area contributed by atoms with Gasteiger partial charge in [0, 0.05) is 28.5 Å². The lowest BCUT2D eigenvalue weighted by Crippen LogP contribution is -2.50. The van der Waals surface area contributed by atoms with Gasteiger partial charge in [-0.2, -0.15) is 0 Å². The summed E-state index contributed by atoms with van der Waals surface area (Å²) in [6.45, 7) is 4.13. The summed E-state index contributed by atoms with van der Waals surface area (Å²) >= 11 is 6.16. The summed E-state index contributed by atoms with van der Waals surface area (Å²) in [7, 11) is 0. The van der Waals surface area contributed by atoms with E-state index in [0.717, 1.165) is 22.9 Å². The molecule has 4 aromatic rings. The zero-order valence-corrected chi connectivity index (χ0v) is 18.1. The number of hydrogen-bond donors (Lipinski definition) is 2. The van der Waals surface area contributed by atoms with Crippen LogP contribution in [0, 0.1) is 5.92 Å². The van der Waals surface area contributed by atoms with Gasteiger partial charge in [-0.25, -0.2) is 4.98 Å². The molecule has 31 heavy (non-hydrogen) atoms. The summed E-state index contributed by atoms with van der Waals surface area (Å²) in [4.78, 5) is 35.0. The fourth-order valence-electron chi connectivity index (χ4n) is 4.47. The Labute approximate surface area is 184 Å². The van der Waals surface area contributed by atoms with Gasteiger partial charge in [0.2, 0.25) is 5.91 Å². The minimum absolute atomic E-state index is 0.140. The quantitative estimate of drug-likeness (QED) is 0.495. The number of hydrogen-bond acceptors (Lipinski definition) is 3. The lowest BCUT2D eigenvalue weighted by Gasteiger charge is -2.35. The van der Waals surface area contributed by atoms with Crippen LogP contribution >= 0.6 is 11.6 Å². The minimum atomic E-state index is -0.683. The van der Waals surface area contributed by atoms with Crippen molar-refractivity contribution in [1.29, 1.82) is 0 Å². The third-order valence-corrected chi connectivity index (χ3v) is 6.62. The van der Waals surface area contributed by atoms with Gasteiger partial charge in [-0.05, 0) is 35.7 Å². The third-order valence-electron chi connectivity index (χ3n) is 6.38. The van der Waals surface area contributed by atoms with Gasteiger partial charge in [0.15, 0.2) is 0 Å². The van der Waals surface area contributed by atoms with Gasteiger partial charge in [0.25, 0.3) is 5.56 Å². The van der Waals surface area contributed by atoms with Crippen LogP contribution in [0.25, 0.3) is 21.8 Å². The Morgan fingerprint density at radius 1 is 1.16 bits per heavy atom. The normalized spacial score (nSPS) is 19.4. The monoisotopic (exact) mass is 434 g/mol. The van der Waals surface area contributed by atoms with Crippen LogP contribution in [0.5, 0.6) is 0 Å². The van der Waals surface area contributed by atoms with Crippen molar-refractivity contribution < 1.29 is 4.79 Å². The number of carbonyl (C=O) groups is 1. The number of nitrogens with zero attached hydrogens (tertiary/aromatic N) is 2. The first kappa shape index (κ1) is 19.8. The Morgan fingerprint density at radius 2 is 1.97 bits per heavy atom. The first-order chi connectivity index (χ1) is 15.0. The van der Waals surface area contributed by atoms with E-state index in [4.69, 9.17) is 16.6 Å². The standard InChI is InChI=1S/C24H23ClN4O2/c1-3-13(2)21-22-27-19-9-8-15(25)11-17(19)24(31)29(22)20(23(30)28-21)10-14-12-26-18-7-5-4-6-16(14)18/h4-9,11-13,20-21,26H,3,10H2,1-2H3,(H,28,30)/t13?,20-,21+/m1/s1. The Hall–Kier alpha value is -3.12. The van der Waals surface area contributed by atoms with E-state index < -0.39 is 6.04 Å². The number of para-hydroxylation sites is 1. The summed E-state index contributed by atoms with van der Waals surface area (Å²) in [5, 5.41) is 5.09. The molecule has 2 aromatic heterocycles. The lowest BCUT2D eigenvalue weighted by molar-refractivity contribution is -0.127. The molecule has 7 heteroatoms. The topological polar surface area (TPSA) is 79.8 Å². The molecule has 3 atom stereocenters. The van der Waals surface area contributed by atoms with Gasteiger partial charge in [-0.1, -0.05) is 50.1 Å². The lowest BCUT2D eigenvalue weighted by atomic mass is 9.93. The van der Waals surface area contributed by atoms with Gasteiger partial charge in [-0.15, -0.1) is 0 Å². The predicted octanol–water partition coefficient (Wildman–Crippen LogP) is 4.53. The minimum Gasteiger partial charge on any atom is -0.361 e. The number of halogens is 1. The maximum Gasteiger partial charge on any atom is 0.262 e. The van der Waals surface area contributed by atoms with Crippen LogP contribution in [-0.2, 0) is 11.2 Å². The van der Waals surface area contributed by atoms with E-state index in [-0.39, 0.29) is 23.4 Å². The summed E-state index contributed by atoms with van der Waals surface area (Å²) < 4.78 is 1.59. The smallest absolute Gasteiger partial charge is 0.262 e. The molecule has 0 bridgehead atoms. The Kier molecular flexibility index (Phi) is 4.82. The Balaban J connectivity index is 1.71. The second-order valence-corrected chi connectivity index (χ2v) is 8.69. The average Bonchev–Trinajstić information content (AvgIpc) is 3.18. The van der Waals surface area contributed by atoms with E-state index in [1.165, 1.54) is 0 Å². The molecule has 0 saturated carbocycles. The molecular formula is C24H23ClN4O2. The summed E-state index contributed by atoms with van der Waals surface area (Å²) in [6.07, 6.45) is 3.16. The maximum absolute atomic E-state index is 13.6. The summed E-state index contributed by atoms with van der Waals surface area (Å²) in [5.74, 6) is 0.591. The highest BCUT2D eigenvalue weighted by molar-refractivity contribution is 6.31.